The van der Waals surface area contributed by atoms with Crippen LogP contribution in [0.3, 0.4) is 0 Å². The molecule has 150 valence electrons. The molecule has 30 heavy (non-hydrogen) atoms. The van der Waals surface area contributed by atoms with Crippen LogP contribution in [0.1, 0.15) is 22.0 Å². The van der Waals surface area contributed by atoms with Crippen molar-refractivity contribution in [1.29, 1.82) is 0 Å². The van der Waals surface area contributed by atoms with E-state index in [0.717, 1.165) is 11.3 Å². The number of benzene rings is 2. The quantitative estimate of drug-likeness (QED) is 0.277. The van der Waals surface area contributed by atoms with Gasteiger partial charge in [0, 0.05) is 31.1 Å². The molecule has 2 aromatic heterocycles. The standard InChI is InChI=1S/C21H18N6O3/c1-26-10-9-22-21(26)20(28)15-7-8-16(18(11-15)27(29)30)23-13-19-24-12-17(25-19)14-5-3-2-4-6-14/h2-12,23H,13H2,1H3,(H,24,25). The van der Waals surface area contributed by atoms with Gasteiger partial charge >= 0.3 is 0 Å². The van der Waals surface area contributed by atoms with E-state index in [4.69, 9.17) is 0 Å². The highest BCUT2D eigenvalue weighted by Crippen LogP contribution is 2.27. The van der Waals surface area contributed by atoms with Gasteiger partial charge in [0.2, 0.25) is 5.78 Å². The highest BCUT2D eigenvalue weighted by Gasteiger charge is 2.20. The van der Waals surface area contributed by atoms with Gasteiger partial charge in [0.1, 0.15) is 11.5 Å². The Balaban J connectivity index is 1.53. The van der Waals surface area contributed by atoms with E-state index in [-0.39, 0.29) is 29.4 Å². The summed E-state index contributed by atoms with van der Waals surface area (Å²) < 4.78 is 1.57. The topological polar surface area (TPSA) is 119 Å². The first-order valence-electron chi connectivity index (χ1n) is 9.16. The number of nitro groups is 1. The number of carbonyl (C=O) groups is 1. The van der Waals surface area contributed by atoms with Crippen molar-refractivity contribution in [1.82, 2.24) is 19.5 Å². The van der Waals surface area contributed by atoms with Gasteiger partial charge in [-0.3, -0.25) is 14.9 Å². The molecule has 0 aliphatic carbocycles. The molecule has 0 bridgehead atoms. The molecule has 0 aliphatic heterocycles. The third kappa shape index (κ3) is 3.81. The highest BCUT2D eigenvalue weighted by atomic mass is 16.6. The van der Waals surface area contributed by atoms with Gasteiger partial charge in [0.05, 0.1) is 23.4 Å². The third-order valence-corrected chi connectivity index (χ3v) is 4.64. The highest BCUT2D eigenvalue weighted by molar-refractivity contribution is 6.07. The molecular weight excluding hydrogens is 384 g/mol. The Morgan fingerprint density at radius 1 is 1.20 bits per heavy atom. The largest absolute Gasteiger partial charge is 0.372 e. The first kappa shape index (κ1) is 19.1. The Morgan fingerprint density at radius 2 is 2.00 bits per heavy atom. The number of hydrogen-bond donors (Lipinski definition) is 2. The lowest BCUT2D eigenvalue weighted by Crippen LogP contribution is -2.10. The van der Waals surface area contributed by atoms with Gasteiger partial charge in [-0.1, -0.05) is 30.3 Å². The summed E-state index contributed by atoms with van der Waals surface area (Å²) in [6, 6.07) is 14.1. The van der Waals surface area contributed by atoms with Gasteiger partial charge in [-0.2, -0.15) is 0 Å². The van der Waals surface area contributed by atoms with Gasteiger partial charge < -0.3 is 14.9 Å². The number of carbonyl (C=O) groups excluding carboxylic acids is 1. The molecular formula is C21H18N6O3. The molecule has 4 rings (SSSR count). The number of nitrogens with one attached hydrogen (secondary N) is 2. The third-order valence-electron chi connectivity index (χ3n) is 4.64. The minimum Gasteiger partial charge on any atom is -0.372 e. The van der Waals surface area contributed by atoms with Gasteiger partial charge in [0.25, 0.3) is 5.69 Å². The monoisotopic (exact) mass is 402 g/mol. The van der Waals surface area contributed by atoms with Crippen molar-refractivity contribution < 1.29 is 9.72 Å². The Morgan fingerprint density at radius 3 is 2.70 bits per heavy atom. The van der Waals surface area contributed by atoms with Crippen LogP contribution in [0.15, 0.2) is 67.1 Å². The van der Waals surface area contributed by atoms with E-state index in [1.807, 2.05) is 30.3 Å². The van der Waals surface area contributed by atoms with Crippen LogP contribution < -0.4 is 5.32 Å². The summed E-state index contributed by atoms with van der Waals surface area (Å²) in [6.45, 7) is 0.264. The average molecular weight is 402 g/mol. The van der Waals surface area contributed by atoms with E-state index in [1.54, 1.807) is 30.1 Å². The first-order valence-corrected chi connectivity index (χ1v) is 9.16. The lowest BCUT2D eigenvalue weighted by molar-refractivity contribution is -0.384. The molecule has 0 radical (unpaired) electrons. The first-order chi connectivity index (χ1) is 14.5. The van der Waals surface area contributed by atoms with Crippen molar-refractivity contribution in [3.05, 3.63) is 94.4 Å². The van der Waals surface area contributed by atoms with E-state index in [9.17, 15) is 14.9 Å². The number of rotatable bonds is 7. The molecule has 0 aliphatic rings. The van der Waals surface area contributed by atoms with Crippen LogP contribution in [0.2, 0.25) is 0 Å². The molecule has 2 N–H and O–H groups in total. The smallest absolute Gasteiger partial charge is 0.293 e. The lowest BCUT2D eigenvalue weighted by atomic mass is 10.1. The number of hydrogen-bond acceptors (Lipinski definition) is 6. The van der Waals surface area contributed by atoms with Crippen LogP contribution in [0.4, 0.5) is 11.4 Å². The normalized spacial score (nSPS) is 10.7. The molecule has 0 saturated carbocycles. The van der Waals surface area contributed by atoms with E-state index in [1.165, 1.54) is 18.3 Å². The van der Waals surface area contributed by atoms with Crippen molar-refractivity contribution in [3.63, 3.8) is 0 Å². The zero-order valence-electron chi connectivity index (χ0n) is 16.1. The minimum absolute atomic E-state index is 0.190. The predicted molar refractivity (Wildman–Crippen MR) is 111 cm³/mol. The number of H-pyrrole nitrogens is 1. The summed E-state index contributed by atoms with van der Waals surface area (Å²) in [7, 11) is 1.69. The second-order valence-electron chi connectivity index (χ2n) is 6.64. The average Bonchev–Trinajstić information content (AvgIpc) is 3.41. The minimum atomic E-state index is -0.519. The fraction of sp³-hybridized carbons (Fsp3) is 0.0952. The summed E-state index contributed by atoms with van der Waals surface area (Å²) in [5.74, 6) is 0.473. The Labute approximate surface area is 171 Å². The summed E-state index contributed by atoms with van der Waals surface area (Å²) in [6.07, 6.45) is 4.87. The molecule has 0 spiro atoms. The molecule has 0 amide bonds. The van der Waals surface area contributed by atoms with Crippen molar-refractivity contribution in [2.45, 2.75) is 6.54 Å². The van der Waals surface area contributed by atoms with Crippen LogP contribution in [-0.4, -0.2) is 30.2 Å². The number of nitro benzene ring substituents is 1. The number of anilines is 1. The van der Waals surface area contributed by atoms with E-state index >= 15 is 0 Å². The van der Waals surface area contributed by atoms with Crippen molar-refractivity contribution in [2.75, 3.05) is 5.32 Å². The number of aryl methyl sites for hydroxylation is 1. The van der Waals surface area contributed by atoms with E-state index in [0.29, 0.717) is 11.5 Å². The summed E-state index contributed by atoms with van der Waals surface area (Å²) in [5.41, 5.74) is 2.17. The summed E-state index contributed by atoms with van der Waals surface area (Å²) >= 11 is 0. The number of ketones is 1. The molecule has 0 atom stereocenters. The molecule has 2 heterocycles. The number of imidazole rings is 2. The molecule has 0 unspecified atom stereocenters. The fourth-order valence-electron chi connectivity index (χ4n) is 3.08. The van der Waals surface area contributed by atoms with Crippen LogP contribution in [0.25, 0.3) is 11.3 Å². The predicted octanol–water partition coefficient (Wildman–Crippen LogP) is 3.56. The maximum atomic E-state index is 12.6. The van der Waals surface area contributed by atoms with Crippen LogP contribution >= 0.6 is 0 Å². The van der Waals surface area contributed by atoms with Crippen LogP contribution in [0, 0.1) is 10.1 Å². The molecule has 2 aromatic carbocycles. The zero-order valence-corrected chi connectivity index (χ0v) is 16.1. The van der Waals surface area contributed by atoms with E-state index in [2.05, 4.69) is 20.3 Å². The molecule has 9 nitrogen and oxygen atoms in total. The van der Waals surface area contributed by atoms with Crippen molar-refractivity contribution in [2.24, 2.45) is 7.05 Å². The van der Waals surface area contributed by atoms with Crippen LogP contribution in [-0.2, 0) is 13.6 Å². The van der Waals surface area contributed by atoms with Crippen molar-refractivity contribution >= 4 is 17.2 Å². The van der Waals surface area contributed by atoms with E-state index < -0.39 is 4.92 Å². The second-order valence-corrected chi connectivity index (χ2v) is 6.64. The maximum Gasteiger partial charge on any atom is 0.293 e. The molecule has 0 saturated heterocycles. The van der Waals surface area contributed by atoms with Gasteiger partial charge in [-0.25, -0.2) is 9.97 Å². The number of aromatic amines is 1. The number of nitrogens with zero attached hydrogens (tertiary/aromatic N) is 4. The Hall–Kier alpha value is -4.27. The van der Waals surface area contributed by atoms with Gasteiger partial charge in [-0.05, 0) is 17.7 Å². The summed E-state index contributed by atoms with van der Waals surface area (Å²) in [5, 5.41) is 14.6. The lowest BCUT2D eigenvalue weighted by Gasteiger charge is -2.08. The second kappa shape index (κ2) is 8.00. The SMILES string of the molecule is Cn1ccnc1C(=O)c1ccc(NCc2ncc(-c3ccccc3)[nH]2)c([N+](=O)[O-])c1. The zero-order chi connectivity index (χ0) is 21.1. The van der Waals surface area contributed by atoms with Crippen molar-refractivity contribution in [3.8, 4) is 11.3 Å². The Bertz CT molecular complexity index is 1210. The molecule has 4 aromatic rings. The maximum absolute atomic E-state index is 12.6. The number of aromatic nitrogens is 4. The van der Waals surface area contributed by atoms with Crippen LogP contribution in [0.5, 0.6) is 0 Å². The van der Waals surface area contributed by atoms with Gasteiger partial charge in [0.15, 0.2) is 5.82 Å². The van der Waals surface area contributed by atoms with Gasteiger partial charge in [-0.15, -0.1) is 0 Å². The fourth-order valence-corrected chi connectivity index (χ4v) is 3.08. The Kier molecular flexibility index (Phi) is 5.08. The summed E-state index contributed by atoms with van der Waals surface area (Å²) in [4.78, 5) is 35.2. The molecule has 0 fully saturated rings. The molecule has 9 heteroatoms.